The molecule has 1 radical (unpaired) electrons. The molecule has 4 nitrogen and oxygen atoms in total. The Kier molecular flexibility index (Phi) is 4.46. The van der Waals surface area contributed by atoms with Crippen molar-refractivity contribution in [1.82, 2.24) is 15.0 Å². The van der Waals surface area contributed by atoms with Gasteiger partial charge in [-0.25, -0.2) is 0 Å². The van der Waals surface area contributed by atoms with Crippen LogP contribution >= 0.6 is 0 Å². The summed E-state index contributed by atoms with van der Waals surface area (Å²) >= 11 is 0. The highest BCUT2D eigenvalue weighted by molar-refractivity contribution is 4.91. The minimum atomic E-state index is 0.140. The predicted molar refractivity (Wildman–Crippen MR) is 50.0 cm³/mol. The summed E-state index contributed by atoms with van der Waals surface area (Å²) in [6, 6.07) is 0. The summed E-state index contributed by atoms with van der Waals surface area (Å²) in [5, 5.41) is 16.5. The van der Waals surface area contributed by atoms with Crippen LogP contribution in [0.25, 0.3) is 0 Å². The number of nitrogens with zero attached hydrogens (tertiary/aromatic N) is 3. The normalized spacial score (nSPS) is 10.6. The molecule has 4 heteroatoms. The summed E-state index contributed by atoms with van der Waals surface area (Å²) in [5.74, 6) is 0. The zero-order chi connectivity index (χ0) is 9.52. The maximum absolute atomic E-state index is 8.66. The van der Waals surface area contributed by atoms with Crippen LogP contribution in [0, 0.1) is 6.42 Å². The molecule has 73 valence electrons. The number of hydrogen-bond donors (Lipinski definition) is 1. The van der Waals surface area contributed by atoms with Crippen LogP contribution in [0.15, 0.2) is 6.20 Å². The highest BCUT2D eigenvalue weighted by Crippen LogP contribution is 1.98. The topological polar surface area (TPSA) is 50.9 Å². The van der Waals surface area contributed by atoms with Gasteiger partial charge in [0, 0.05) is 25.8 Å². The summed E-state index contributed by atoms with van der Waals surface area (Å²) in [7, 11) is 0. The largest absolute Gasteiger partial charge is 0.396 e. The van der Waals surface area contributed by atoms with Gasteiger partial charge in [-0.15, -0.1) is 5.10 Å². The van der Waals surface area contributed by atoms with Crippen LogP contribution in [0.4, 0.5) is 0 Å². The Hall–Kier alpha value is -0.900. The summed E-state index contributed by atoms with van der Waals surface area (Å²) < 4.78 is 1.83. The Morgan fingerprint density at radius 2 is 2.46 bits per heavy atom. The molecule has 0 aliphatic rings. The van der Waals surface area contributed by atoms with Crippen LogP contribution in [-0.2, 0) is 13.0 Å². The Morgan fingerprint density at radius 1 is 1.62 bits per heavy atom. The van der Waals surface area contributed by atoms with E-state index >= 15 is 0 Å². The minimum Gasteiger partial charge on any atom is -0.396 e. The van der Waals surface area contributed by atoms with Gasteiger partial charge in [-0.2, -0.15) is 0 Å². The summed E-state index contributed by atoms with van der Waals surface area (Å²) in [6.45, 7) is 3.10. The second kappa shape index (κ2) is 5.70. The second-order valence-corrected chi connectivity index (χ2v) is 3.00. The van der Waals surface area contributed by atoms with Crippen LogP contribution in [0.1, 0.15) is 25.5 Å². The van der Waals surface area contributed by atoms with E-state index in [1.54, 1.807) is 0 Å². The van der Waals surface area contributed by atoms with E-state index in [0.29, 0.717) is 6.42 Å². The van der Waals surface area contributed by atoms with Gasteiger partial charge < -0.3 is 5.11 Å². The fourth-order valence-corrected chi connectivity index (χ4v) is 1.13. The second-order valence-electron chi connectivity index (χ2n) is 3.00. The van der Waals surface area contributed by atoms with Crippen molar-refractivity contribution in [3.8, 4) is 0 Å². The maximum atomic E-state index is 8.66. The molecule has 1 heterocycles. The highest BCUT2D eigenvalue weighted by Gasteiger charge is 1.98. The number of rotatable bonds is 6. The molecule has 1 N–H and O–H groups in total. The molecule has 1 rings (SSSR count). The molecule has 0 saturated carbocycles. The zero-order valence-corrected chi connectivity index (χ0v) is 7.98. The molecule has 0 bridgehead atoms. The highest BCUT2D eigenvalue weighted by atomic mass is 16.3. The van der Waals surface area contributed by atoms with Crippen LogP contribution in [0.3, 0.4) is 0 Å². The molecule has 0 spiro atoms. The third-order valence-corrected chi connectivity index (χ3v) is 1.83. The quantitative estimate of drug-likeness (QED) is 0.662. The fraction of sp³-hybridized carbons (Fsp3) is 0.667. The number of aliphatic hydroxyl groups excluding tert-OH is 1. The van der Waals surface area contributed by atoms with E-state index in [1.165, 1.54) is 0 Å². The lowest BCUT2D eigenvalue weighted by Gasteiger charge is -1.96. The van der Waals surface area contributed by atoms with Gasteiger partial charge in [-0.1, -0.05) is 12.1 Å². The number of aryl methyl sites for hydroxylation is 1. The summed E-state index contributed by atoms with van der Waals surface area (Å²) in [6.07, 6.45) is 6.84. The first-order valence-electron chi connectivity index (χ1n) is 4.64. The minimum absolute atomic E-state index is 0.140. The van der Waals surface area contributed by atoms with Crippen molar-refractivity contribution in [3.05, 3.63) is 18.3 Å². The van der Waals surface area contributed by atoms with Gasteiger partial charge >= 0.3 is 0 Å². The first-order chi connectivity index (χ1) is 6.36. The molecule has 0 aliphatic heterocycles. The predicted octanol–water partition coefficient (Wildman–Crippen LogP) is 0.817. The van der Waals surface area contributed by atoms with Gasteiger partial charge in [0.1, 0.15) is 0 Å². The average molecular weight is 182 g/mol. The van der Waals surface area contributed by atoms with E-state index in [4.69, 9.17) is 5.11 Å². The van der Waals surface area contributed by atoms with Crippen molar-refractivity contribution in [2.45, 2.75) is 32.7 Å². The van der Waals surface area contributed by atoms with Crippen LogP contribution in [0.2, 0.25) is 0 Å². The first kappa shape index (κ1) is 10.2. The van der Waals surface area contributed by atoms with E-state index in [0.717, 1.165) is 25.1 Å². The van der Waals surface area contributed by atoms with Crippen LogP contribution in [0.5, 0.6) is 0 Å². The number of aliphatic hydroxyl groups is 1. The molecule has 0 aliphatic carbocycles. The molecule has 0 amide bonds. The van der Waals surface area contributed by atoms with Crippen LogP contribution in [-0.4, -0.2) is 26.7 Å². The standard InChI is InChI=1S/C9H16N3O/c1-2-3-4-6-12-8-9(5-7-13)10-11-12/h2,8,13H,3-7H2,1H3. The Bertz CT molecular complexity index is 235. The molecule has 1 aromatic rings. The number of unbranched alkanes of at least 4 members (excludes halogenated alkanes) is 2. The number of aromatic nitrogens is 3. The third kappa shape index (κ3) is 3.55. The molecule has 0 fully saturated rings. The molecular weight excluding hydrogens is 166 g/mol. The lowest BCUT2D eigenvalue weighted by molar-refractivity contribution is 0.298. The molecule has 13 heavy (non-hydrogen) atoms. The Labute approximate surface area is 78.6 Å². The van der Waals surface area contributed by atoms with E-state index in [1.807, 2.05) is 10.9 Å². The lowest BCUT2D eigenvalue weighted by atomic mass is 10.2. The lowest BCUT2D eigenvalue weighted by Crippen LogP contribution is -1.98. The fourth-order valence-electron chi connectivity index (χ4n) is 1.13. The Balaban J connectivity index is 2.31. The smallest absolute Gasteiger partial charge is 0.0849 e. The van der Waals surface area contributed by atoms with E-state index in [9.17, 15) is 0 Å². The van der Waals surface area contributed by atoms with Crippen LogP contribution < -0.4 is 0 Å². The van der Waals surface area contributed by atoms with E-state index in [-0.39, 0.29) is 6.61 Å². The van der Waals surface area contributed by atoms with Crippen molar-refractivity contribution in [1.29, 1.82) is 0 Å². The van der Waals surface area contributed by atoms with Gasteiger partial charge in [0.15, 0.2) is 0 Å². The monoisotopic (exact) mass is 182 g/mol. The van der Waals surface area contributed by atoms with Gasteiger partial charge in [0.25, 0.3) is 0 Å². The van der Waals surface area contributed by atoms with Crippen molar-refractivity contribution < 1.29 is 5.11 Å². The summed E-state index contributed by atoms with van der Waals surface area (Å²) in [4.78, 5) is 0. The van der Waals surface area contributed by atoms with E-state index < -0.39 is 0 Å². The summed E-state index contributed by atoms with van der Waals surface area (Å²) in [5.41, 5.74) is 0.864. The molecule has 0 unspecified atom stereocenters. The third-order valence-electron chi connectivity index (χ3n) is 1.83. The van der Waals surface area contributed by atoms with Gasteiger partial charge in [-0.05, 0) is 19.3 Å². The zero-order valence-electron chi connectivity index (χ0n) is 7.98. The Morgan fingerprint density at radius 3 is 3.15 bits per heavy atom. The van der Waals surface area contributed by atoms with Crippen molar-refractivity contribution >= 4 is 0 Å². The first-order valence-corrected chi connectivity index (χ1v) is 4.64. The van der Waals surface area contributed by atoms with Gasteiger partial charge in [0.05, 0.1) is 5.69 Å². The molecule has 0 saturated heterocycles. The number of hydrogen-bond acceptors (Lipinski definition) is 3. The van der Waals surface area contributed by atoms with Crippen molar-refractivity contribution in [2.75, 3.05) is 6.61 Å². The molecule has 1 aromatic heterocycles. The van der Waals surface area contributed by atoms with Gasteiger partial charge in [0.2, 0.25) is 0 Å². The van der Waals surface area contributed by atoms with Gasteiger partial charge in [-0.3, -0.25) is 4.68 Å². The average Bonchev–Trinajstić information content (AvgIpc) is 2.54. The molecule has 0 atom stereocenters. The SMILES string of the molecule is C[CH]CCCn1cc(CCO)nn1. The van der Waals surface area contributed by atoms with E-state index in [2.05, 4.69) is 23.7 Å². The molecule has 0 aromatic carbocycles. The van der Waals surface area contributed by atoms with Crippen molar-refractivity contribution in [2.24, 2.45) is 0 Å². The maximum Gasteiger partial charge on any atom is 0.0849 e. The molecular formula is C9H16N3O. The van der Waals surface area contributed by atoms with Crippen molar-refractivity contribution in [3.63, 3.8) is 0 Å².